The van der Waals surface area contributed by atoms with E-state index in [-0.39, 0.29) is 5.52 Å². The molecule has 1 N–H and O–H groups in total. The van der Waals surface area contributed by atoms with Gasteiger partial charge in [0.1, 0.15) is 5.75 Å². The number of fused-ring (bicyclic) bond motifs is 1. The molecule has 2 aromatic carbocycles. The van der Waals surface area contributed by atoms with E-state index >= 15 is 0 Å². The largest absolute Gasteiger partial charge is 0.478 e. The van der Waals surface area contributed by atoms with Gasteiger partial charge in [-0.2, -0.15) is 13.2 Å². The first-order valence-electron chi connectivity index (χ1n) is 10.4. The van der Waals surface area contributed by atoms with Crippen molar-refractivity contribution in [3.8, 4) is 5.75 Å². The van der Waals surface area contributed by atoms with Crippen molar-refractivity contribution < 1.29 is 32.6 Å². The van der Waals surface area contributed by atoms with Gasteiger partial charge in [-0.1, -0.05) is 18.2 Å². The molecule has 0 fully saturated rings. The molecule has 0 aliphatic carbocycles. The Balaban J connectivity index is 2.02. The zero-order valence-corrected chi connectivity index (χ0v) is 19.4. The van der Waals surface area contributed by atoms with Crippen LogP contribution in [0.15, 0.2) is 48.5 Å². The standard InChI is InChI=1S/C26H24F3NO4/c1-14(18-10-15(2)22(16(3)11-18)34-25(4,5)24(32)33)12-21(31)19-13-17-8-6-7-9-20(17)30-23(19)26(27,28)29/h6-13H,1-5H3,(H,32,33)/b14-12+. The second-order valence-corrected chi connectivity index (χ2v) is 8.62. The number of alkyl halides is 3. The van der Waals surface area contributed by atoms with Gasteiger partial charge in [0.25, 0.3) is 0 Å². The van der Waals surface area contributed by atoms with Gasteiger partial charge in [-0.05, 0) is 87.2 Å². The molecule has 0 saturated carbocycles. The Morgan fingerprint density at radius 1 is 1.03 bits per heavy atom. The Labute approximate surface area is 194 Å². The highest BCUT2D eigenvalue weighted by Gasteiger charge is 2.37. The molecule has 178 valence electrons. The molecule has 8 heteroatoms. The number of aliphatic carboxylic acids is 1. The van der Waals surface area contributed by atoms with Crippen LogP contribution in [0.3, 0.4) is 0 Å². The number of benzene rings is 2. The number of carbonyl (C=O) groups is 2. The maximum atomic E-state index is 13.6. The summed E-state index contributed by atoms with van der Waals surface area (Å²) in [5, 5.41) is 9.75. The maximum absolute atomic E-state index is 13.6. The molecule has 0 aliphatic heterocycles. The number of hydrogen-bond donors (Lipinski definition) is 1. The van der Waals surface area contributed by atoms with Crippen LogP contribution in [-0.2, 0) is 11.0 Å². The summed E-state index contributed by atoms with van der Waals surface area (Å²) in [6.07, 6.45) is -3.64. The van der Waals surface area contributed by atoms with Crippen molar-refractivity contribution in [2.45, 2.75) is 46.4 Å². The number of carboxylic acids is 1. The number of carboxylic acid groups (broad SMARTS) is 1. The first-order chi connectivity index (χ1) is 15.7. The Hall–Kier alpha value is -3.68. The van der Waals surface area contributed by atoms with Crippen LogP contribution < -0.4 is 4.74 Å². The minimum absolute atomic E-state index is 0.151. The number of allylic oxidation sites excluding steroid dienone is 2. The molecule has 0 amide bonds. The Bertz CT molecular complexity index is 1300. The molecule has 3 aromatic rings. The number of nitrogens with zero attached hydrogens (tertiary/aromatic N) is 1. The summed E-state index contributed by atoms with van der Waals surface area (Å²) < 4.78 is 46.6. The van der Waals surface area contributed by atoms with Crippen LogP contribution >= 0.6 is 0 Å². The van der Waals surface area contributed by atoms with E-state index in [9.17, 15) is 27.9 Å². The molecule has 1 aromatic heterocycles. The van der Waals surface area contributed by atoms with Crippen LogP contribution in [0, 0.1) is 13.8 Å². The number of carbonyl (C=O) groups excluding carboxylic acids is 1. The smallest absolute Gasteiger partial charge is 0.434 e. The van der Waals surface area contributed by atoms with Crippen LogP contribution in [0.1, 0.15) is 53.5 Å². The molecule has 0 unspecified atom stereocenters. The van der Waals surface area contributed by atoms with E-state index in [1.54, 1.807) is 51.1 Å². The fraction of sp³-hybridized carbons (Fsp3) is 0.269. The van der Waals surface area contributed by atoms with Gasteiger partial charge in [-0.15, -0.1) is 0 Å². The lowest BCUT2D eigenvalue weighted by molar-refractivity contribution is -0.152. The minimum atomic E-state index is -4.79. The van der Waals surface area contributed by atoms with Gasteiger partial charge in [-0.3, -0.25) is 4.79 Å². The van der Waals surface area contributed by atoms with Crippen molar-refractivity contribution in [3.05, 3.63) is 76.5 Å². The van der Waals surface area contributed by atoms with Crippen LogP contribution in [0.4, 0.5) is 13.2 Å². The SMILES string of the molecule is C/C(=C\C(=O)c1cc2ccccc2nc1C(F)(F)F)c1cc(C)c(OC(C)(C)C(=O)O)c(C)c1. The average Bonchev–Trinajstić information content (AvgIpc) is 2.74. The molecule has 0 radical (unpaired) electrons. The van der Waals surface area contributed by atoms with Crippen molar-refractivity contribution in [3.63, 3.8) is 0 Å². The van der Waals surface area contributed by atoms with E-state index in [1.807, 2.05) is 0 Å². The van der Waals surface area contributed by atoms with Crippen LogP contribution in [-0.4, -0.2) is 27.4 Å². The summed E-state index contributed by atoms with van der Waals surface area (Å²) in [6, 6.07) is 10.9. The third-order valence-corrected chi connectivity index (χ3v) is 5.39. The topological polar surface area (TPSA) is 76.5 Å². The zero-order chi connectivity index (χ0) is 25.4. The zero-order valence-electron chi connectivity index (χ0n) is 19.4. The number of hydrogen-bond acceptors (Lipinski definition) is 4. The van der Waals surface area contributed by atoms with E-state index in [4.69, 9.17) is 4.74 Å². The number of aryl methyl sites for hydroxylation is 2. The fourth-order valence-electron chi connectivity index (χ4n) is 3.52. The van der Waals surface area contributed by atoms with Gasteiger partial charge >= 0.3 is 12.1 Å². The molecule has 5 nitrogen and oxygen atoms in total. The highest BCUT2D eigenvalue weighted by molar-refractivity contribution is 6.10. The van der Waals surface area contributed by atoms with Crippen LogP contribution in [0.5, 0.6) is 5.75 Å². The second-order valence-electron chi connectivity index (χ2n) is 8.62. The molecule has 0 saturated heterocycles. The van der Waals surface area contributed by atoms with Gasteiger partial charge in [0.2, 0.25) is 0 Å². The Morgan fingerprint density at radius 2 is 1.62 bits per heavy atom. The van der Waals surface area contributed by atoms with Crippen molar-refractivity contribution in [2.24, 2.45) is 0 Å². The van der Waals surface area contributed by atoms with E-state index in [0.717, 1.165) is 6.08 Å². The number of rotatable bonds is 6. The number of aromatic nitrogens is 1. The van der Waals surface area contributed by atoms with Crippen molar-refractivity contribution in [1.82, 2.24) is 4.98 Å². The van der Waals surface area contributed by atoms with Crippen molar-refractivity contribution in [2.75, 3.05) is 0 Å². The first kappa shape index (κ1) is 25.0. The number of ketones is 1. The van der Waals surface area contributed by atoms with Crippen molar-refractivity contribution in [1.29, 1.82) is 0 Å². The highest BCUT2D eigenvalue weighted by Crippen LogP contribution is 2.34. The average molecular weight is 471 g/mol. The Morgan fingerprint density at radius 3 is 2.18 bits per heavy atom. The number of pyridine rings is 1. The summed E-state index contributed by atoms with van der Waals surface area (Å²) in [7, 11) is 0. The monoisotopic (exact) mass is 471 g/mol. The Kier molecular flexibility index (Phi) is 6.55. The number of ether oxygens (including phenoxy) is 1. The summed E-state index contributed by atoms with van der Waals surface area (Å²) >= 11 is 0. The highest BCUT2D eigenvalue weighted by atomic mass is 19.4. The lowest BCUT2D eigenvalue weighted by Gasteiger charge is -2.24. The van der Waals surface area contributed by atoms with Gasteiger partial charge in [0.15, 0.2) is 17.1 Å². The quantitative estimate of drug-likeness (QED) is 0.333. The normalized spacial score (nSPS) is 12.6. The second kappa shape index (κ2) is 8.93. The molecular weight excluding hydrogens is 447 g/mol. The van der Waals surface area contributed by atoms with E-state index < -0.39 is 34.8 Å². The lowest BCUT2D eigenvalue weighted by atomic mass is 9.97. The summed E-state index contributed by atoms with van der Waals surface area (Å²) in [4.78, 5) is 28.0. The molecule has 0 bridgehead atoms. The van der Waals surface area contributed by atoms with Crippen molar-refractivity contribution >= 4 is 28.2 Å². The minimum Gasteiger partial charge on any atom is -0.478 e. The summed E-state index contributed by atoms with van der Waals surface area (Å²) in [5.74, 6) is -1.54. The third-order valence-electron chi connectivity index (χ3n) is 5.39. The molecule has 0 aliphatic rings. The third kappa shape index (κ3) is 5.11. The lowest BCUT2D eigenvalue weighted by Crippen LogP contribution is -2.38. The van der Waals surface area contributed by atoms with E-state index in [1.165, 1.54) is 26.0 Å². The molecule has 3 rings (SSSR count). The molecule has 0 spiro atoms. The van der Waals surface area contributed by atoms with Gasteiger partial charge < -0.3 is 9.84 Å². The number of halogens is 3. The maximum Gasteiger partial charge on any atom is 0.434 e. The predicted molar refractivity (Wildman–Crippen MR) is 123 cm³/mol. The van der Waals surface area contributed by atoms with Gasteiger partial charge in [0, 0.05) is 5.39 Å². The van der Waals surface area contributed by atoms with E-state index in [2.05, 4.69) is 4.98 Å². The van der Waals surface area contributed by atoms with Crippen LogP contribution in [0.25, 0.3) is 16.5 Å². The predicted octanol–water partition coefficient (Wildman–Crippen LogP) is 6.40. The first-order valence-corrected chi connectivity index (χ1v) is 10.4. The summed E-state index contributed by atoms with van der Waals surface area (Å²) in [5.41, 5.74) is -0.740. The number of para-hydroxylation sites is 1. The molecule has 1 heterocycles. The molecule has 34 heavy (non-hydrogen) atoms. The van der Waals surface area contributed by atoms with E-state index in [0.29, 0.717) is 33.4 Å². The van der Waals surface area contributed by atoms with Gasteiger partial charge in [0.05, 0.1) is 11.1 Å². The fourth-order valence-corrected chi connectivity index (χ4v) is 3.52. The van der Waals surface area contributed by atoms with Crippen LogP contribution in [0.2, 0.25) is 0 Å². The molecule has 0 atom stereocenters. The summed E-state index contributed by atoms with van der Waals surface area (Å²) in [6.45, 7) is 7.95. The van der Waals surface area contributed by atoms with Gasteiger partial charge in [-0.25, -0.2) is 9.78 Å². The molecular formula is C26H24F3NO4.